The van der Waals surface area contributed by atoms with Gasteiger partial charge >= 0.3 is 0 Å². The van der Waals surface area contributed by atoms with Crippen LogP contribution in [0.4, 0.5) is 0 Å². The van der Waals surface area contributed by atoms with Gasteiger partial charge in [0.25, 0.3) is 5.91 Å². The third-order valence-corrected chi connectivity index (χ3v) is 11.4. The molecule has 0 bridgehead atoms. The summed E-state index contributed by atoms with van der Waals surface area (Å²) in [6, 6.07) is 5.72. The first kappa shape index (κ1) is 49.2. The van der Waals surface area contributed by atoms with Gasteiger partial charge in [-0.2, -0.15) is 4.31 Å². The zero-order valence-corrected chi connectivity index (χ0v) is 33.0. The quantitative estimate of drug-likeness (QED) is 0.0255. The summed E-state index contributed by atoms with van der Waals surface area (Å²) in [7, 11) is -2.57. The number of hydroxylamine groups is 1. The Morgan fingerprint density at radius 1 is 0.724 bits per heavy atom. The molecule has 58 heavy (non-hydrogen) atoms. The van der Waals surface area contributed by atoms with Crippen molar-refractivity contribution in [3.8, 4) is 5.75 Å². The van der Waals surface area contributed by atoms with Gasteiger partial charge in [-0.25, -0.2) is 13.9 Å². The van der Waals surface area contributed by atoms with Gasteiger partial charge in [0, 0.05) is 32.5 Å². The molecule has 2 heterocycles. The predicted molar refractivity (Wildman–Crippen MR) is 197 cm³/mol. The van der Waals surface area contributed by atoms with E-state index in [-0.39, 0.29) is 49.2 Å². The largest absolute Gasteiger partial charge is 0.497 e. The molecule has 1 aromatic rings. The fourth-order valence-corrected chi connectivity index (χ4v) is 7.61. The smallest absolute Gasteiger partial charge is 0.258 e. The van der Waals surface area contributed by atoms with Gasteiger partial charge in [0.1, 0.15) is 54.6 Å². The number of rotatable bonds is 25. The van der Waals surface area contributed by atoms with E-state index in [1.165, 1.54) is 36.9 Å². The molecule has 2 aliphatic rings. The first-order chi connectivity index (χ1) is 27.7. The zero-order valence-electron chi connectivity index (χ0n) is 32.2. The normalized spacial score (nSPS) is 27.6. The lowest BCUT2D eigenvalue weighted by Gasteiger charge is -2.45. The van der Waals surface area contributed by atoms with Crippen LogP contribution in [0.15, 0.2) is 29.2 Å². The van der Waals surface area contributed by atoms with Gasteiger partial charge in [-0.1, -0.05) is 12.8 Å². The summed E-state index contributed by atoms with van der Waals surface area (Å²) in [6.45, 7) is -1.71. The number of carbonyl (C=O) groups excluding carboxylic acids is 3. The second-order valence-corrected chi connectivity index (χ2v) is 15.7. The summed E-state index contributed by atoms with van der Waals surface area (Å²) in [5.74, 6) is -0.904. The molecule has 0 aromatic heterocycles. The van der Waals surface area contributed by atoms with Crippen LogP contribution in [0.1, 0.15) is 51.4 Å². The molecule has 0 saturated carbocycles. The van der Waals surface area contributed by atoms with Crippen molar-refractivity contribution in [1.29, 1.82) is 0 Å². The van der Waals surface area contributed by atoms with Crippen molar-refractivity contribution in [2.75, 3.05) is 53.1 Å². The number of hydrogen-bond acceptors (Lipinski definition) is 18. The molecule has 10 atom stereocenters. The minimum atomic E-state index is -4.02. The predicted octanol–water partition coefficient (Wildman–Crippen LogP) is -3.81. The Balaban J connectivity index is 1.26. The topological polar surface area (TPSA) is 333 Å². The van der Waals surface area contributed by atoms with E-state index in [9.17, 15) is 58.5 Å². The van der Waals surface area contributed by atoms with Crippen molar-refractivity contribution in [2.45, 2.75) is 118 Å². The highest BCUT2D eigenvalue weighted by atomic mass is 32.2. The van der Waals surface area contributed by atoms with Gasteiger partial charge in [-0.3, -0.25) is 19.6 Å². The van der Waals surface area contributed by atoms with Crippen LogP contribution in [0.3, 0.4) is 0 Å². The molecule has 22 nitrogen and oxygen atoms in total. The lowest BCUT2D eigenvalue weighted by molar-refractivity contribution is -0.359. The highest BCUT2D eigenvalue weighted by Crippen LogP contribution is 2.29. The number of methoxy groups -OCH3 is 1. The van der Waals surface area contributed by atoms with Crippen LogP contribution < -0.4 is 20.9 Å². The van der Waals surface area contributed by atoms with Crippen molar-refractivity contribution >= 4 is 27.7 Å². The van der Waals surface area contributed by atoms with Crippen LogP contribution >= 0.6 is 0 Å². The monoisotopic (exact) mass is 854 g/mol. The molecule has 2 fully saturated rings. The molecule has 2 saturated heterocycles. The number of nitrogens with one attached hydrogen (secondary N) is 3. The Morgan fingerprint density at radius 2 is 1.31 bits per heavy atom. The molecule has 3 amide bonds. The SMILES string of the molecule is COc1ccc(S(=O)(=O)N(CCCCCCNC(=O)CCCCC(=O)NCCO[C@@H]2O[C@H](CO)[C@@H](O[C@@H]3O[C@H](CO)[C@H](O)[C@H](O)[C@H]3O)[C@H](O)[C@H]2O)CC(=O)NO)cc1. The Hall–Kier alpha value is -3.14. The average molecular weight is 855 g/mol. The molecule has 0 aliphatic carbocycles. The number of amides is 3. The van der Waals surface area contributed by atoms with Crippen LogP contribution in [-0.2, 0) is 43.4 Å². The molecule has 0 spiro atoms. The lowest BCUT2D eigenvalue weighted by Crippen LogP contribution is -2.64. The standard InChI is InChI=1S/C35H58N4O18S/c1-53-21-10-12-22(13-11-21)58(51,52)39(18-27(44)38-50)16-7-3-2-6-14-36-25(42)8-4-5-9-26(43)37-15-17-54-34-32(49)30(47)33(24(20-41)56-34)57-35-31(48)29(46)28(45)23(19-40)55-35/h10-13,23-24,28-35,40-41,45-50H,2-9,14-20H2,1H3,(H,36,42)(H,37,43)(H,38,44)/t23-,24-,28+,29+,30-,31-,32-,33-,34-,35+/m1/s1. The first-order valence-electron chi connectivity index (χ1n) is 19.0. The van der Waals surface area contributed by atoms with Crippen LogP contribution in [-0.4, -0.2) is 186 Å². The van der Waals surface area contributed by atoms with Gasteiger partial charge in [0.2, 0.25) is 21.8 Å². The molecule has 1 aromatic carbocycles. The van der Waals surface area contributed by atoms with E-state index in [4.69, 9.17) is 28.9 Å². The van der Waals surface area contributed by atoms with Crippen LogP contribution in [0.25, 0.3) is 0 Å². The maximum Gasteiger partial charge on any atom is 0.258 e. The van der Waals surface area contributed by atoms with Crippen molar-refractivity contribution in [3.63, 3.8) is 0 Å². The summed E-state index contributed by atoms with van der Waals surface area (Å²) in [4.78, 5) is 36.3. The Morgan fingerprint density at radius 3 is 1.91 bits per heavy atom. The first-order valence-corrected chi connectivity index (χ1v) is 20.4. The third-order valence-electron chi connectivity index (χ3n) is 9.52. The number of aliphatic hydroxyl groups is 7. The molecule has 332 valence electrons. The van der Waals surface area contributed by atoms with Gasteiger partial charge in [0.05, 0.1) is 38.4 Å². The van der Waals surface area contributed by atoms with E-state index in [0.29, 0.717) is 50.8 Å². The second kappa shape index (κ2) is 24.8. The van der Waals surface area contributed by atoms with E-state index in [1.807, 2.05) is 0 Å². The summed E-state index contributed by atoms with van der Waals surface area (Å²) in [5.41, 5.74) is 1.45. The summed E-state index contributed by atoms with van der Waals surface area (Å²) < 4.78 is 54.0. The minimum Gasteiger partial charge on any atom is -0.497 e. The number of ether oxygens (including phenoxy) is 5. The van der Waals surface area contributed by atoms with Gasteiger partial charge in [-0.15, -0.1) is 0 Å². The minimum absolute atomic E-state index is 0.00505. The highest BCUT2D eigenvalue weighted by molar-refractivity contribution is 7.89. The number of carbonyl (C=O) groups is 3. The van der Waals surface area contributed by atoms with Gasteiger partial charge in [0.15, 0.2) is 12.6 Å². The van der Waals surface area contributed by atoms with Gasteiger partial charge in [-0.05, 0) is 49.9 Å². The number of benzene rings is 1. The van der Waals surface area contributed by atoms with Gasteiger partial charge < -0.3 is 70.1 Å². The molecule has 0 unspecified atom stereocenters. The Bertz CT molecular complexity index is 1510. The van der Waals surface area contributed by atoms with E-state index < -0.39 is 97.1 Å². The number of hydrogen-bond donors (Lipinski definition) is 11. The Labute approximate surface area is 336 Å². The fraction of sp³-hybridized carbons (Fsp3) is 0.743. The van der Waals surface area contributed by atoms with Crippen molar-refractivity contribution in [2.24, 2.45) is 0 Å². The average Bonchev–Trinajstić information content (AvgIpc) is 3.22. The fourth-order valence-electron chi connectivity index (χ4n) is 6.18. The number of nitrogens with zero attached hydrogens (tertiary/aromatic N) is 1. The van der Waals surface area contributed by atoms with E-state index in [1.54, 1.807) is 0 Å². The summed E-state index contributed by atoms with van der Waals surface area (Å²) in [5, 5.41) is 85.0. The second-order valence-electron chi connectivity index (χ2n) is 13.7. The van der Waals surface area contributed by atoms with Crippen molar-refractivity contribution in [1.82, 2.24) is 20.4 Å². The van der Waals surface area contributed by atoms with E-state index in [2.05, 4.69) is 10.6 Å². The molecule has 0 radical (unpaired) electrons. The number of aliphatic hydroxyl groups excluding tert-OH is 7. The number of unbranched alkanes of at least 4 members (excludes halogenated alkanes) is 4. The molecular weight excluding hydrogens is 796 g/mol. The van der Waals surface area contributed by atoms with E-state index in [0.717, 1.165) is 4.31 Å². The van der Waals surface area contributed by atoms with Crippen LogP contribution in [0.2, 0.25) is 0 Å². The van der Waals surface area contributed by atoms with Crippen molar-refractivity contribution < 1.29 is 87.4 Å². The Kier molecular flexibility index (Phi) is 21.1. The maximum absolute atomic E-state index is 13.1. The van der Waals surface area contributed by atoms with Crippen molar-refractivity contribution in [3.05, 3.63) is 24.3 Å². The molecule has 23 heteroatoms. The summed E-state index contributed by atoms with van der Waals surface area (Å²) in [6.07, 6.45) is -12.2. The molecule has 3 rings (SSSR count). The maximum atomic E-state index is 13.1. The van der Waals surface area contributed by atoms with Crippen LogP contribution in [0, 0.1) is 0 Å². The third kappa shape index (κ3) is 14.5. The number of sulfonamides is 1. The van der Waals surface area contributed by atoms with Crippen LogP contribution in [0.5, 0.6) is 5.75 Å². The molecule has 11 N–H and O–H groups in total. The lowest BCUT2D eigenvalue weighted by atomic mass is 9.97. The molecular formula is C35H58N4O18S. The molecule has 2 aliphatic heterocycles. The zero-order chi connectivity index (χ0) is 42.8. The van der Waals surface area contributed by atoms with E-state index >= 15 is 0 Å². The highest BCUT2D eigenvalue weighted by Gasteiger charge is 2.50. The summed E-state index contributed by atoms with van der Waals surface area (Å²) >= 11 is 0.